The summed E-state index contributed by atoms with van der Waals surface area (Å²) in [6.07, 6.45) is 6.00. The van der Waals surface area contributed by atoms with E-state index >= 15 is 0 Å². The lowest BCUT2D eigenvalue weighted by atomic mass is 9.43. The van der Waals surface area contributed by atoms with Gasteiger partial charge in [-0.05, 0) is 48.0 Å². The predicted octanol–water partition coefficient (Wildman–Crippen LogP) is 3.47. The van der Waals surface area contributed by atoms with Crippen molar-refractivity contribution in [1.82, 2.24) is 19.5 Å². The van der Waals surface area contributed by atoms with Crippen molar-refractivity contribution in [3.63, 3.8) is 0 Å². The first-order valence-corrected chi connectivity index (χ1v) is 11.1. The van der Waals surface area contributed by atoms with Crippen molar-refractivity contribution in [1.29, 1.82) is 0 Å². The molecular weight excluding hydrogens is 395 g/mol. The number of benzene rings is 1. The molecule has 0 spiro atoms. The van der Waals surface area contributed by atoms with Crippen LogP contribution < -0.4 is 5.46 Å². The molecule has 7 rings (SSSR count). The van der Waals surface area contributed by atoms with E-state index in [4.69, 9.17) is 21.5 Å². The third-order valence-electron chi connectivity index (χ3n) is 7.98. The van der Waals surface area contributed by atoms with Gasteiger partial charge in [-0.15, -0.1) is 0 Å². The van der Waals surface area contributed by atoms with Crippen molar-refractivity contribution in [2.75, 3.05) is 0 Å². The van der Waals surface area contributed by atoms with Crippen LogP contribution in [0, 0.1) is 21.9 Å². The Morgan fingerprint density at radius 1 is 1.20 bits per heavy atom. The first kappa shape index (κ1) is 18.7. The number of hydrogen-bond acceptors (Lipinski definition) is 5. The first-order chi connectivity index (χ1) is 14.4. The molecule has 3 saturated carbocycles. The smallest absolute Gasteiger partial charge is 0.402 e. The molecule has 8 heteroatoms. The summed E-state index contributed by atoms with van der Waals surface area (Å²) >= 11 is 5.25. The van der Waals surface area contributed by atoms with E-state index in [1.54, 1.807) is 12.7 Å². The van der Waals surface area contributed by atoms with Gasteiger partial charge in [0.2, 0.25) is 0 Å². The van der Waals surface area contributed by atoms with Crippen LogP contribution in [0.25, 0.3) is 11.2 Å². The summed E-state index contributed by atoms with van der Waals surface area (Å²) in [6.45, 7) is 7.75. The molecule has 1 saturated heterocycles. The van der Waals surface area contributed by atoms with Crippen LogP contribution in [0.15, 0.2) is 36.9 Å². The molecule has 2 aromatic heterocycles. The highest BCUT2D eigenvalue weighted by atomic mass is 32.1. The Labute approximate surface area is 181 Å². The molecule has 3 heterocycles. The lowest BCUT2D eigenvalue weighted by Crippen LogP contribution is -2.65. The molecule has 1 aromatic carbocycles. The number of hydrogen-bond donors (Lipinski definition) is 1. The number of rotatable bonds is 3. The van der Waals surface area contributed by atoms with Crippen LogP contribution in [0.2, 0.25) is 0 Å². The van der Waals surface area contributed by atoms with Gasteiger partial charge in [-0.2, -0.15) is 0 Å². The molecule has 4 unspecified atom stereocenters. The molecule has 1 aliphatic heterocycles. The minimum Gasteiger partial charge on any atom is -0.402 e. The first-order valence-electron chi connectivity index (χ1n) is 10.7. The average Bonchev–Trinajstić information content (AvgIpc) is 3.29. The van der Waals surface area contributed by atoms with E-state index in [1.807, 2.05) is 0 Å². The monoisotopic (exact) mass is 420 g/mol. The fraction of sp³-hybridized carbons (Fsp3) is 0.500. The molecule has 30 heavy (non-hydrogen) atoms. The third kappa shape index (κ3) is 2.53. The van der Waals surface area contributed by atoms with Crippen LogP contribution in [-0.4, -0.2) is 38.3 Å². The fourth-order valence-electron chi connectivity index (χ4n) is 6.01. The third-order valence-corrected chi connectivity index (χ3v) is 8.28. The highest BCUT2D eigenvalue weighted by Crippen LogP contribution is 2.65. The Morgan fingerprint density at radius 2 is 2.00 bits per heavy atom. The van der Waals surface area contributed by atoms with Crippen LogP contribution in [0.4, 0.5) is 0 Å². The second-order valence-corrected chi connectivity index (χ2v) is 10.2. The molecule has 154 valence electrons. The van der Waals surface area contributed by atoms with E-state index in [1.165, 1.54) is 12.0 Å². The second kappa shape index (κ2) is 6.25. The highest BCUT2D eigenvalue weighted by molar-refractivity contribution is 7.71. The van der Waals surface area contributed by atoms with Crippen molar-refractivity contribution in [2.45, 2.75) is 51.9 Å². The van der Waals surface area contributed by atoms with E-state index in [9.17, 15) is 0 Å². The number of nitrogens with one attached hydrogen (secondary N) is 1. The number of nitrogens with zero attached hydrogens (tertiary/aromatic N) is 3. The maximum absolute atomic E-state index is 6.58. The van der Waals surface area contributed by atoms with Gasteiger partial charge in [0.25, 0.3) is 0 Å². The lowest BCUT2D eigenvalue weighted by molar-refractivity contribution is -0.199. The summed E-state index contributed by atoms with van der Waals surface area (Å²) in [5.74, 6) is 1.34. The van der Waals surface area contributed by atoms with Gasteiger partial charge in [0.05, 0.1) is 30.9 Å². The van der Waals surface area contributed by atoms with Crippen LogP contribution in [0.3, 0.4) is 0 Å². The average molecular weight is 420 g/mol. The molecule has 4 atom stereocenters. The fourth-order valence-corrected chi connectivity index (χ4v) is 6.21. The minimum absolute atomic E-state index is 0.177. The van der Waals surface area contributed by atoms with E-state index in [0.717, 1.165) is 29.0 Å². The van der Waals surface area contributed by atoms with Crippen LogP contribution in [0.1, 0.15) is 39.2 Å². The summed E-state index contributed by atoms with van der Waals surface area (Å²) in [7, 11) is -0.277. The van der Waals surface area contributed by atoms with Crippen molar-refractivity contribution in [3.05, 3.63) is 47.1 Å². The summed E-state index contributed by atoms with van der Waals surface area (Å²) in [6, 6.07) is 8.52. The summed E-state index contributed by atoms with van der Waals surface area (Å²) < 4.78 is 15.6. The normalized spacial score (nSPS) is 31.6. The van der Waals surface area contributed by atoms with E-state index in [0.29, 0.717) is 22.5 Å². The number of aromatic nitrogens is 4. The number of imidazole rings is 1. The largest absolute Gasteiger partial charge is 0.494 e. The molecule has 1 N–H and O–H groups in total. The van der Waals surface area contributed by atoms with Crippen molar-refractivity contribution in [2.24, 2.45) is 17.3 Å². The zero-order chi connectivity index (χ0) is 20.7. The van der Waals surface area contributed by atoms with Gasteiger partial charge >= 0.3 is 7.12 Å². The molecule has 0 amide bonds. The standard InChI is InChI=1S/C22H25BN4O2S/c1-21(2)14-8-16(21)22(3)17(9-14)28-23(29-22)15-6-4-13(5-7-15)10-27-12-26-18-19(27)24-11-25-20(18)30/h4-7,11-12,14,16-17H,8-10H2,1-3H3,(H,24,25,30). The Hall–Kier alpha value is -2.03. The topological polar surface area (TPSA) is 65.0 Å². The van der Waals surface area contributed by atoms with Crippen LogP contribution in [-0.2, 0) is 15.9 Å². The number of H-pyrrole nitrogens is 1. The Bertz CT molecular complexity index is 1190. The van der Waals surface area contributed by atoms with Gasteiger partial charge in [0, 0.05) is 0 Å². The molecule has 3 aliphatic carbocycles. The molecule has 3 aromatic rings. The SMILES string of the molecule is CC1(C)C2CC3OB(c4ccc(Cn5cnc6c(=S)nc[nH]c65)cc4)OC3(C)C1C2. The second-order valence-electron chi connectivity index (χ2n) is 9.82. The Morgan fingerprint density at radius 3 is 2.77 bits per heavy atom. The predicted molar refractivity (Wildman–Crippen MR) is 118 cm³/mol. The maximum atomic E-state index is 6.58. The van der Waals surface area contributed by atoms with Crippen molar-refractivity contribution < 1.29 is 9.31 Å². The Balaban J connectivity index is 1.22. The van der Waals surface area contributed by atoms with E-state index < -0.39 is 0 Å². The Kier molecular flexibility index (Phi) is 3.90. The molecule has 6 nitrogen and oxygen atoms in total. The van der Waals surface area contributed by atoms with Gasteiger partial charge in [-0.25, -0.2) is 9.97 Å². The van der Waals surface area contributed by atoms with Gasteiger partial charge in [0.15, 0.2) is 4.64 Å². The van der Waals surface area contributed by atoms with Crippen LogP contribution in [0.5, 0.6) is 0 Å². The number of fused-ring (bicyclic) bond motifs is 1. The summed E-state index contributed by atoms with van der Waals surface area (Å²) in [4.78, 5) is 11.6. The molecular formula is C22H25BN4O2S. The highest BCUT2D eigenvalue weighted by Gasteiger charge is 2.67. The molecule has 4 fully saturated rings. The van der Waals surface area contributed by atoms with Gasteiger partial charge in [-0.3, -0.25) is 0 Å². The van der Waals surface area contributed by atoms with Crippen LogP contribution >= 0.6 is 12.2 Å². The zero-order valence-corrected chi connectivity index (χ0v) is 18.3. The molecule has 2 bridgehead atoms. The zero-order valence-electron chi connectivity index (χ0n) is 17.5. The molecule has 0 radical (unpaired) electrons. The lowest BCUT2D eigenvalue weighted by Gasteiger charge is -2.64. The van der Waals surface area contributed by atoms with Gasteiger partial charge < -0.3 is 18.9 Å². The van der Waals surface area contributed by atoms with Gasteiger partial charge in [-0.1, -0.05) is 50.3 Å². The maximum Gasteiger partial charge on any atom is 0.494 e. The minimum atomic E-state index is -0.277. The summed E-state index contributed by atoms with van der Waals surface area (Å²) in [5, 5.41) is 0. The van der Waals surface area contributed by atoms with E-state index in [-0.39, 0.29) is 18.8 Å². The van der Waals surface area contributed by atoms with Crippen molar-refractivity contribution in [3.8, 4) is 0 Å². The quantitative estimate of drug-likeness (QED) is 0.519. The summed E-state index contributed by atoms with van der Waals surface area (Å²) in [5.41, 5.74) is 4.07. The van der Waals surface area contributed by atoms with Gasteiger partial charge in [0.1, 0.15) is 11.2 Å². The van der Waals surface area contributed by atoms with Crippen molar-refractivity contribution >= 4 is 36.0 Å². The number of aromatic amines is 1. The van der Waals surface area contributed by atoms with E-state index in [2.05, 4.69) is 64.6 Å². The molecule has 4 aliphatic rings.